The number of ether oxygens (including phenoxy) is 1. The molecule has 2 heterocycles. The maximum absolute atomic E-state index is 12.4. The van der Waals surface area contributed by atoms with Gasteiger partial charge >= 0.3 is 0 Å². The number of nitrogens with zero attached hydrogens (tertiary/aromatic N) is 2. The molecule has 6 heteroatoms. The number of aryl methyl sites for hydroxylation is 1. The summed E-state index contributed by atoms with van der Waals surface area (Å²) in [5.74, 6) is 0.733. The van der Waals surface area contributed by atoms with Crippen molar-refractivity contribution in [2.45, 2.75) is 45.1 Å². The van der Waals surface area contributed by atoms with E-state index in [9.17, 15) is 4.79 Å². The molecule has 0 spiro atoms. The van der Waals surface area contributed by atoms with E-state index in [1.165, 1.54) is 24.8 Å². The molecule has 0 atom stereocenters. The fourth-order valence-electron chi connectivity index (χ4n) is 4.10. The molecule has 1 saturated carbocycles. The topological polar surface area (TPSA) is 69.3 Å². The van der Waals surface area contributed by atoms with Gasteiger partial charge in [-0.15, -0.1) is 0 Å². The molecule has 1 aliphatic rings. The van der Waals surface area contributed by atoms with E-state index in [-0.39, 0.29) is 5.91 Å². The second-order valence-corrected chi connectivity index (χ2v) is 7.92. The van der Waals surface area contributed by atoms with E-state index in [2.05, 4.69) is 41.1 Å². The van der Waals surface area contributed by atoms with Crippen LogP contribution in [0.5, 0.6) is 0 Å². The maximum Gasteiger partial charge on any atom is 0.287 e. The van der Waals surface area contributed by atoms with Crippen LogP contribution in [0, 0.1) is 6.92 Å². The van der Waals surface area contributed by atoms with Gasteiger partial charge in [-0.2, -0.15) is 0 Å². The summed E-state index contributed by atoms with van der Waals surface area (Å²) in [5.41, 5.74) is 4.09. The van der Waals surface area contributed by atoms with Gasteiger partial charge in [-0.3, -0.25) is 4.79 Å². The molecule has 0 saturated heterocycles. The Morgan fingerprint density at radius 1 is 1.17 bits per heavy atom. The highest BCUT2D eigenvalue weighted by atomic mass is 16.5. The van der Waals surface area contributed by atoms with E-state index in [1.54, 1.807) is 13.2 Å². The van der Waals surface area contributed by atoms with E-state index in [1.807, 2.05) is 12.4 Å². The van der Waals surface area contributed by atoms with Gasteiger partial charge in [0.2, 0.25) is 0 Å². The van der Waals surface area contributed by atoms with Gasteiger partial charge in [0, 0.05) is 25.3 Å². The molecule has 158 valence electrons. The van der Waals surface area contributed by atoms with E-state index < -0.39 is 0 Å². The normalized spacial score (nSPS) is 14.7. The Kier molecular flexibility index (Phi) is 6.33. The third-order valence-electron chi connectivity index (χ3n) is 5.74. The summed E-state index contributed by atoms with van der Waals surface area (Å²) in [6.45, 7) is 2.98. The summed E-state index contributed by atoms with van der Waals surface area (Å²) in [6, 6.07) is 12.4. The van der Waals surface area contributed by atoms with Gasteiger partial charge in [-0.05, 0) is 31.9 Å². The molecule has 0 aliphatic heterocycles. The highest BCUT2D eigenvalue weighted by molar-refractivity contribution is 5.92. The van der Waals surface area contributed by atoms with Crippen molar-refractivity contribution >= 4 is 5.91 Å². The average Bonchev–Trinajstić information content (AvgIpc) is 3.42. The predicted molar refractivity (Wildman–Crippen MR) is 116 cm³/mol. The van der Waals surface area contributed by atoms with Crippen molar-refractivity contribution < 1.29 is 13.9 Å². The highest BCUT2D eigenvalue weighted by Crippen LogP contribution is 2.38. The molecule has 0 unspecified atom stereocenters. The van der Waals surface area contributed by atoms with Gasteiger partial charge in [0.25, 0.3) is 5.91 Å². The number of nitrogens with one attached hydrogen (secondary N) is 1. The van der Waals surface area contributed by atoms with Gasteiger partial charge in [-0.1, -0.05) is 49.1 Å². The number of carbonyl (C=O) groups is 1. The fraction of sp³-hybridized carbons (Fsp3) is 0.417. The Bertz CT molecular complexity index is 982. The first-order valence-corrected chi connectivity index (χ1v) is 10.7. The number of hydrogen-bond donors (Lipinski definition) is 1. The van der Waals surface area contributed by atoms with Gasteiger partial charge in [0.1, 0.15) is 5.69 Å². The summed E-state index contributed by atoms with van der Waals surface area (Å²) in [7, 11) is 1.61. The molecule has 2 aromatic heterocycles. The van der Waals surface area contributed by atoms with Crippen LogP contribution < -0.4 is 5.32 Å². The zero-order valence-electron chi connectivity index (χ0n) is 17.7. The standard InChI is InChI=1S/C24H29N3O3/c1-17-8-10-18(11-9-17)22-23(27(16-26-22)19-6-4-3-5-7-19)20-12-13-21(30-20)24(28)25-14-15-29-2/h8-13,16,19H,3-7,14-15H2,1-2H3,(H,25,28). The lowest BCUT2D eigenvalue weighted by atomic mass is 9.95. The minimum Gasteiger partial charge on any atom is -0.449 e. The van der Waals surface area contributed by atoms with Crippen LogP contribution in [0.1, 0.15) is 54.3 Å². The summed E-state index contributed by atoms with van der Waals surface area (Å²) in [6.07, 6.45) is 7.96. The Morgan fingerprint density at radius 2 is 1.93 bits per heavy atom. The molecule has 6 nitrogen and oxygen atoms in total. The van der Waals surface area contributed by atoms with Gasteiger partial charge in [0.15, 0.2) is 11.5 Å². The zero-order chi connectivity index (χ0) is 20.9. The molecule has 1 N–H and O–H groups in total. The van der Waals surface area contributed by atoms with Crippen LogP contribution in [-0.4, -0.2) is 35.7 Å². The van der Waals surface area contributed by atoms with Crippen LogP contribution in [0.15, 0.2) is 47.1 Å². The second-order valence-electron chi connectivity index (χ2n) is 7.92. The quantitative estimate of drug-likeness (QED) is 0.560. The Hall–Kier alpha value is -2.86. The SMILES string of the molecule is COCCNC(=O)c1ccc(-c2c(-c3ccc(C)cc3)ncn2C2CCCCC2)o1. The first-order valence-electron chi connectivity index (χ1n) is 10.7. The largest absolute Gasteiger partial charge is 0.449 e. The highest BCUT2D eigenvalue weighted by Gasteiger charge is 2.25. The van der Waals surface area contributed by atoms with Crippen LogP contribution >= 0.6 is 0 Å². The Balaban J connectivity index is 1.70. The van der Waals surface area contributed by atoms with Gasteiger partial charge < -0.3 is 19.0 Å². The molecule has 0 radical (unpaired) electrons. The number of furan rings is 1. The molecular formula is C24H29N3O3. The number of methoxy groups -OCH3 is 1. The molecule has 1 aliphatic carbocycles. The first kappa shape index (κ1) is 20.4. The maximum atomic E-state index is 12.4. The van der Waals surface area contributed by atoms with Crippen molar-refractivity contribution in [1.29, 1.82) is 0 Å². The van der Waals surface area contributed by atoms with Gasteiger partial charge in [-0.25, -0.2) is 4.98 Å². The molecule has 1 amide bonds. The van der Waals surface area contributed by atoms with Crippen LogP contribution in [0.2, 0.25) is 0 Å². The third kappa shape index (κ3) is 4.33. The van der Waals surface area contributed by atoms with Crippen LogP contribution in [-0.2, 0) is 4.74 Å². The van der Waals surface area contributed by atoms with E-state index in [0.29, 0.717) is 30.7 Å². The average molecular weight is 408 g/mol. The van der Waals surface area contributed by atoms with E-state index in [0.717, 1.165) is 29.8 Å². The molecule has 0 bridgehead atoms. The molecule has 3 aromatic rings. The monoisotopic (exact) mass is 407 g/mol. The number of rotatable bonds is 7. The lowest BCUT2D eigenvalue weighted by Crippen LogP contribution is -2.26. The lowest BCUT2D eigenvalue weighted by molar-refractivity contribution is 0.0910. The second kappa shape index (κ2) is 9.30. The van der Waals surface area contributed by atoms with Crippen molar-refractivity contribution in [2.24, 2.45) is 0 Å². The Labute approximate surface area is 177 Å². The summed E-state index contributed by atoms with van der Waals surface area (Å²) >= 11 is 0. The van der Waals surface area contributed by atoms with Crippen LogP contribution in [0.4, 0.5) is 0 Å². The zero-order valence-corrected chi connectivity index (χ0v) is 17.7. The number of amides is 1. The fourth-order valence-corrected chi connectivity index (χ4v) is 4.10. The number of imidazole rings is 1. The van der Waals surface area contributed by atoms with E-state index >= 15 is 0 Å². The van der Waals surface area contributed by atoms with Crippen molar-refractivity contribution in [2.75, 3.05) is 20.3 Å². The van der Waals surface area contributed by atoms with Crippen molar-refractivity contribution in [3.05, 3.63) is 54.0 Å². The summed E-state index contributed by atoms with van der Waals surface area (Å²) in [5, 5.41) is 2.81. The molecular weight excluding hydrogens is 378 g/mol. The van der Waals surface area contributed by atoms with Crippen molar-refractivity contribution in [3.8, 4) is 22.7 Å². The lowest BCUT2D eigenvalue weighted by Gasteiger charge is -2.24. The number of benzene rings is 1. The minimum absolute atomic E-state index is 0.237. The van der Waals surface area contributed by atoms with Crippen molar-refractivity contribution in [1.82, 2.24) is 14.9 Å². The van der Waals surface area contributed by atoms with Gasteiger partial charge in [0.05, 0.1) is 18.6 Å². The summed E-state index contributed by atoms with van der Waals surface area (Å²) < 4.78 is 13.3. The summed E-state index contributed by atoms with van der Waals surface area (Å²) in [4.78, 5) is 17.2. The molecule has 1 aromatic carbocycles. The molecule has 30 heavy (non-hydrogen) atoms. The third-order valence-corrected chi connectivity index (χ3v) is 5.74. The molecule has 4 rings (SSSR count). The predicted octanol–water partition coefficient (Wildman–Crippen LogP) is 5.00. The number of carbonyl (C=O) groups excluding carboxylic acids is 1. The van der Waals surface area contributed by atoms with E-state index in [4.69, 9.17) is 14.1 Å². The minimum atomic E-state index is -0.237. The number of aromatic nitrogens is 2. The molecule has 1 fully saturated rings. The van der Waals surface area contributed by atoms with Crippen LogP contribution in [0.3, 0.4) is 0 Å². The Morgan fingerprint density at radius 3 is 2.67 bits per heavy atom. The first-order chi connectivity index (χ1) is 14.7. The van der Waals surface area contributed by atoms with Crippen LogP contribution in [0.25, 0.3) is 22.7 Å². The smallest absolute Gasteiger partial charge is 0.287 e. The number of hydrogen-bond acceptors (Lipinski definition) is 4. The van der Waals surface area contributed by atoms with Crippen molar-refractivity contribution in [3.63, 3.8) is 0 Å².